The smallest absolute Gasteiger partial charge is 0.255 e. The summed E-state index contributed by atoms with van der Waals surface area (Å²) in [6, 6.07) is 23.0. The van der Waals surface area contributed by atoms with Crippen LogP contribution in [0.15, 0.2) is 106 Å². The molecule has 1 atom stereocenters. The average Bonchev–Trinajstić information content (AvgIpc) is 3.29. The Balaban J connectivity index is 1.42. The molecule has 6 nitrogen and oxygen atoms in total. The molecule has 0 saturated carbocycles. The van der Waals surface area contributed by atoms with Crippen LogP contribution in [0, 0.1) is 12.7 Å². The van der Waals surface area contributed by atoms with Crippen LogP contribution in [0.5, 0.6) is 0 Å². The zero-order valence-electron chi connectivity index (χ0n) is 21.1. The van der Waals surface area contributed by atoms with Crippen molar-refractivity contribution >= 4 is 34.4 Å². The van der Waals surface area contributed by atoms with Crippen LogP contribution in [0.1, 0.15) is 36.1 Å². The van der Waals surface area contributed by atoms with Gasteiger partial charge in [-0.1, -0.05) is 71.9 Å². The van der Waals surface area contributed by atoms with Gasteiger partial charge in [0.1, 0.15) is 5.82 Å². The number of amides is 2. The maximum absolute atomic E-state index is 13.7. The van der Waals surface area contributed by atoms with Crippen molar-refractivity contribution in [2.45, 2.75) is 32.9 Å². The zero-order valence-corrected chi connectivity index (χ0v) is 21.9. The number of allylic oxidation sites excluding steroid dienone is 1. The van der Waals surface area contributed by atoms with E-state index in [-0.39, 0.29) is 24.1 Å². The van der Waals surface area contributed by atoms with Crippen molar-refractivity contribution in [1.82, 2.24) is 10.2 Å². The quantitative estimate of drug-likeness (QED) is 0.393. The fourth-order valence-corrected chi connectivity index (χ4v) is 5.53. The number of benzene rings is 3. The van der Waals surface area contributed by atoms with Gasteiger partial charge >= 0.3 is 0 Å². The second-order valence-electron chi connectivity index (χ2n) is 9.21. The minimum absolute atomic E-state index is 0.113. The fraction of sp³-hybridized carbons (Fsp3) is 0.167. The van der Waals surface area contributed by atoms with E-state index in [0.717, 1.165) is 27.6 Å². The Morgan fingerprint density at radius 3 is 2.50 bits per heavy atom. The van der Waals surface area contributed by atoms with Gasteiger partial charge in [-0.3, -0.25) is 9.59 Å². The number of carbonyl (C=O) groups is 2. The van der Waals surface area contributed by atoms with E-state index in [2.05, 4.69) is 16.7 Å². The van der Waals surface area contributed by atoms with Gasteiger partial charge in [-0.15, -0.1) is 0 Å². The molecule has 0 aromatic heterocycles. The van der Waals surface area contributed by atoms with Crippen LogP contribution < -0.4 is 10.6 Å². The molecule has 2 N–H and O–H groups in total. The third-order valence-corrected chi connectivity index (χ3v) is 7.27. The number of nitrogens with zero attached hydrogens (tertiary/aromatic N) is 2. The molecule has 192 valence electrons. The Bertz CT molecular complexity index is 1470. The van der Waals surface area contributed by atoms with E-state index < -0.39 is 6.04 Å². The van der Waals surface area contributed by atoms with Gasteiger partial charge in [-0.05, 0) is 54.6 Å². The number of hydrogen-bond donors (Lipinski definition) is 2. The number of aryl methyl sites for hydroxylation is 1. The normalized spacial score (nSPS) is 16.5. The largest absolute Gasteiger partial charge is 0.352 e. The minimum atomic E-state index is -0.447. The maximum atomic E-state index is 13.7. The molecule has 2 heterocycles. The lowest BCUT2D eigenvalue weighted by molar-refractivity contribution is -0.120. The number of aliphatic imine (C=N–C) groups is 1. The lowest BCUT2D eigenvalue weighted by atomic mass is 9.92. The molecule has 0 fully saturated rings. The highest BCUT2D eigenvalue weighted by molar-refractivity contribution is 8.16. The Kier molecular flexibility index (Phi) is 7.42. The first kappa shape index (κ1) is 25.5. The van der Waals surface area contributed by atoms with Crippen LogP contribution in [0.3, 0.4) is 0 Å². The molecule has 0 radical (unpaired) electrons. The summed E-state index contributed by atoms with van der Waals surface area (Å²) in [5.41, 5.74) is 5.45. The van der Waals surface area contributed by atoms with Crippen molar-refractivity contribution in [1.29, 1.82) is 0 Å². The number of nitrogens with one attached hydrogen (secondary N) is 2. The molecule has 0 saturated heterocycles. The zero-order chi connectivity index (χ0) is 26.6. The van der Waals surface area contributed by atoms with Crippen LogP contribution >= 0.6 is 11.8 Å². The second-order valence-corrected chi connectivity index (χ2v) is 10.0. The highest BCUT2D eigenvalue weighted by Crippen LogP contribution is 2.44. The standard InChI is InChI=1S/C30H27FN4O2S/c1-19-7-6-8-22(15-19)28-27(29(37)34-24-9-4-3-5-10-24)20(2)33-30-35(28)25(18-38-30)16-26(36)32-17-21-11-13-23(31)14-12-21/h3-15,18,28H,16-17H2,1-2H3,(H,32,36)(H,34,37)/t28-/m1/s1. The molecule has 8 heteroatoms. The van der Waals surface area contributed by atoms with Gasteiger partial charge < -0.3 is 15.5 Å². The first-order chi connectivity index (χ1) is 18.4. The third-order valence-electron chi connectivity index (χ3n) is 6.38. The van der Waals surface area contributed by atoms with Gasteiger partial charge in [-0.25, -0.2) is 9.38 Å². The summed E-state index contributed by atoms with van der Waals surface area (Å²) in [5.74, 6) is -0.727. The molecule has 0 aliphatic carbocycles. The number of halogens is 1. The summed E-state index contributed by atoms with van der Waals surface area (Å²) in [6.07, 6.45) is 0.113. The molecule has 5 rings (SSSR count). The number of anilines is 1. The van der Waals surface area contributed by atoms with Gasteiger partial charge in [0.2, 0.25) is 5.91 Å². The first-order valence-electron chi connectivity index (χ1n) is 12.3. The van der Waals surface area contributed by atoms with Gasteiger partial charge in [0.05, 0.1) is 23.7 Å². The summed E-state index contributed by atoms with van der Waals surface area (Å²) in [5, 5.41) is 8.57. The van der Waals surface area contributed by atoms with Crippen molar-refractivity contribution in [2.24, 2.45) is 4.99 Å². The van der Waals surface area contributed by atoms with Crippen molar-refractivity contribution < 1.29 is 14.0 Å². The molecule has 0 spiro atoms. The molecule has 2 aliphatic rings. The summed E-state index contributed by atoms with van der Waals surface area (Å²) >= 11 is 1.44. The number of para-hydroxylation sites is 1. The van der Waals surface area contributed by atoms with Gasteiger partial charge in [0, 0.05) is 17.9 Å². The van der Waals surface area contributed by atoms with E-state index in [1.807, 2.05) is 72.7 Å². The summed E-state index contributed by atoms with van der Waals surface area (Å²) in [7, 11) is 0. The number of hydrogen-bond acceptors (Lipinski definition) is 5. The van der Waals surface area contributed by atoms with Gasteiger partial charge in [0.15, 0.2) is 5.17 Å². The molecular formula is C30H27FN4O2S. The molecule has 38 heavy (non-hydrogen) atoms. The first-order valence-corrected chi connectivity index (χ1v) is 13.2. The van der Waals surface area contributed by atoms with Crippen molar-refractivity contribution in [3.05, 3.63) is 124 Å². The fourth-order valence-electron chi connectivity index (χ4n) is 4.57. The molecule has 2 aliphatic heterocycles. The molecule has 0 unspecified atom stereocenters. The summed E-state index contributed by atoms with van der Waals surface area (Å²) in [6.45, 7) is 4.16. The lowest BCUT2D eigenvalue weighted by Crippen LogP contribution is -2.38. The maximum Gasteiger partial charge on any atom is 0.255 e. The molecule has 3 aromatic carbocycles. The SMILES string of the molecule is CC1=C(C(=O)Nc2ccccc2)[C@@H](c2cccc(C)c2)N2C(CC(=O)NCc3ccc(F)cc3)=CSC2=N1. The van der Waals surface area contributed by atoms with E-state index >= 15 is 0 Å². The summed E-state index contributed by atoms with van der Waals surface area (Å²) < 4.78 is 13.2. The second kappa shape index (κ2) is 11.1. The third kappa shape index (κ3) is 5.55. The number of amidine groups is 1. The highest BCUT2D eigenvalue weighted by atomic mass is 32.2. The number of fused-ring (bicyclic) bond motifs is 1. The van der Waals surface area contributed by atoms with Crippen molar-refractivity contribution in [3.63, 3.8) is 0 Å². The Morgan fingerprint density at radius 1 is 1.00 bits per heavy atom. The Hall–Kier alpha value is -4.17. The van der Waals surface area contributed by atoms with Gasteiger partial charge in [0.25, 0.3) is 5.91 Å². The van der Waals surface area contributed by atoms with E-state index in [1.54, 1.807) is 12.1 Å². The van der Waals surface area contributed by atoms with Crippen LogP contribution in [0.25, 0.3) is 0 Å². The predicted octanol–water partition coefficient (Wildman–Crippen LogP) is 6.05. The van der Waals surface area contributed by atoms with E-state index in [0.29, 0.717) is 23.5 Å². The van der Waals surface area contributed by atoms with Crippen LogP contribution in [-0.2, 0) is 16.1 Å². The Morgan fingerprint density at radius 2 is 1.76 bits per heavy atom. The highest BCUT2D eigenvalue weighted by Gasteiger charge is 2.40. The average molecular weight is 527 g/mol. The Labute approximate surface area is 225 Å². The monoisotopic (exact) mass is 526 g/mol. The van der Waals surface area contributed by atoms with Crippen LogP contribution in [0.2, 0.25) is 0 Å². The predicted molar refractivity (Wildman–Crippen MR) is 150 cm³/mol. The van der Waals surface area contributed by atoms with Crippen molar-refractivity contribution in [3.8, 4) is 0 Å². The minimum Gasteiger partial charge on any atom is -0.352 e. The lowest BCUT2D eigenvalue weighted by Gasteiger charge is -2.36. The number of thioether (sulfide) groups is 1. The molecule has 0 bridgehead atoms. The molecule has 3 aromatic rings. The molecule has 2 amide bonds. The van der Waals surface area contributed by atoms with Crippen LogP contribution in [0.4, 0.5) is 10.1 Å². The van der Waals surface area contributed by atoms with Crippen LogP contribution in [-0.4, -0.2) is 21.9 Å². The van der Waals surface area contributed by atoms with Gasteiger partial charge in [-0.2, -0.15) is 0 Å². The van der Waals surface area contributed by atoms with E-state index in [9.17, 15) is 14.0 Å². The van der Waals surface area contributed by atoms with E-state index in [1.165, 1.54) is 23.9 Å². The summed E-state index contributed by atoms with van der Waals surface area (Å²) in [4.78, 5) is 33.3. The topological polar surface area (TPSA) is 73.8 Å². The number of carbonyl (C=O) groups excluding carboxylic acids is 2. The van der Waals surface area contributed by atoms with E-state index in [4.69, 9.17) is 4.99 Å². The number of rotatable bonds is 7. The van der Waals surface area contributed by atoms with Crippen molar-refractivity contribution in [2.75, 3.05) is 5.32 Å². The molecular weight excluding hydrogens is 499 g/mol.